The van der Waals surface area contributed by atoms with Crippen molar-refractivity contribution in [3.63, 3.8) is 0 Å². The summed E-state index contributed by atoms with van der Waals surface area (Å²) in [7, 11) is 0. The van der Waals surface area contributed by atoms with Crippen molar-refractivity contribution in [3.8, 4) is 0 Å². The highest BCUT2D eigenvalue weighted by molar-refractivity contribution is 5.77. The van der Waals surface area contributed by atoms with E-state index in [-0.39, 0.29) is 12.0 Å². The summed E-state index contributed by atoms with van der Waals surface area (Å²) in [5.41, 5.74) is 0.872. The number of fused-ring (bicyclic) bond motifs is 1. The Hall–Kier alpha value is -1.81. The number of para-hydroxylation sites is 1. The van der Waals surface area contributed by atoms with Crippen LogP contribution in [0.4, 0.5) is 0 Å². The molecule has 2 aromatic rings. The zero-order valence-electron chi connectivity index (χ0n) is 12.2. The second kappa shape index (κ2) is 6.09. The fourth-order valence-electron chi connectivity index (χ4n) is 2.38. The third-order valence-corrected chi connectivity index (χ3v) is 3.74. The fraction of sp³-hybridized carbons (Fsp3) is 0.438. The summed E-state index contributed by atoms with van der Waals surface area (Å²) >= 11 is 0. The monoisotopic (exact) mass is 275 g/mol. The Morgan fingerprint density at radius 2 is 2.05 bits per heavy atom. The normalized spacial score (nSPS) is 14.6. The van der Waals surface area contributed by atoms with E-state index in [9.17, 15) is 4.79 Å². The third kappa shape index (κ3) is 3.02. The van der Waals surface area contributed by atoms with Crippen LogP contribution in [0.5, 0.6) is 0 Å². The van der Waals surface area contributed by atoms with Gasteiger partial charge in [-0.2, -0.15) is 0 Å². The first-order valence-corrected chi connectivity index (χ1v) is 6.98. The summed E-state index contributed by atoms with van der Waals surface area (Å²) in [6, 6.07) is 10.00. The Balaban J connectivity index is 2.19. The minimum absolute atomic E-state index is 0.0641. The van der Waals surface area contributed by atoms with Crippen LogP contribution in [0.15, 0.2) is 34.7 Å². The molecule has 0 aliphatic heterocycles. The lowest BCUT2D eigenvalue weighted by atomic mass is 10.1. The van der Waals surface area contributed by atoms with Crippen LogP contribution in [-0.4, -0.2) is 29.1 Å². The van der Waals surface area contributed by atoms with Gasteiger partial charge in [-0.15, -0.1) is 0 Å². The standard InChI is InChI=1S/C16H21NO3/c1-4-17(10-11(2)16(18)19)12(3)15-9-13-7-5-6-8-14(13)20-15/h5-9,11-12H,4,10H2,1-3H3,(H,18,19). The molecule has 1 aromatic carbocycles. The van der Waals surface area contributed by atoms with Crippen molar-refractivity contribution >= 4 is 16.9 Å². The summed E-state index contributed by atoms with van der Waals surface area (Å²) in [6.07, 6.45) is 0. The van der Waals surface area contributed by atoms with Gasteiger partial charge >= 0.3 is 5.97 Å². The van der Waals surface area contributed by atoms with Crippen LogP contribution < -0.4 is 0 Å². The molecule has 1 N–H and O–H groups in total. The van der Waals surface area contributed by atoms with E-state index in [1.807, 2.05) is 37.3 Å². The summed E-state index contributed by atoms with van der Waals surface area (Å²) < 4.78 is 5.87. The maximum atomic E-state index is 11.0. The van der Waals surface area contributed by atoms with Gasteiger partial charge in [0.1, 0.15) is 11.3 Å². The molecule has 4 nitrogen and oxygen atoms in total. The molecule has 0 aliphatic carbocycles. The van der Waals surface area contributed by atoms with Gasteiger partial charge in [-0.1, -0.05) is 32.0 Å². The lowest BCUT2D eigenvalue weighted by Gasteiger charge is -2.27. The number of hydrogen-bond donors (Lipinski definition) is 1. The van der Waals surface area contributed by atoms with E-state index in [4.69, 9.17) is 9.52 Å². The van der Waals surface area contributed by atoms with Gasteiger partial charge in [0.15, 0.2) is 0 Å². The van der Waals surface area contributed by atoms with Crippen LogP contribution >= 0.6 is 0 Å². The first kappa shape index (κ1) is 14.6. The van der Waals surface area contributed by atoms with Gasteiger partial charge < -0.3 is 9.52 Å². The minimum atomic E-state index is -0.764. The van der Waals surface area contributed by atoms with Crippen molar-refractivity contribution in [2.24, 2.45) is 5.92 Å². The van der Waals surface area contributed by atoms with Crippen molar-refractivity contribution in [2.45, 2.75) is 26.8 Å². The van der Waals surface area contributed by atoms with Gasteiger partial charge in [0.2, 0.25) is 0 Å². The van der Waals surface area contributed by atoms with E-state index in [0.717, 1.165) is 23.3 Å². The molecule has 1 aromatic heterocycles. The van der Waals surface area contributed by atoms with Crippen molar-refractivity contribution < 1.29 is 14.3 Å². The van der Waals surface area contributed by atoms with Crippen LogP contribution in [0.25, 0.3) is 11.0 Å². The van der Waals surface area contributed by atoms with E-state index < -0.39 is 5.97 Å². The van der Waals surface area contributed by atoms with E-state index in [2.05, 4.69) is 11.8 Å². The second-order valence-corrected chi connectivity index (χ2v) is 5.19. The first-order chi connectivity index (χ1) is 9.52. The largest absolute Gasteiger partial charge is 0.481 e. The fourth-order valence-corrected chi connectivity index (χ4v) is 2.38. The molecule has 0 aliphatic rings. The molecule has 0 amide bonds. The Morgan fingerprint density at radius 3 is 2.65 bits per heavy atom. The zero-order chi connectivity index (χ0) is 14.7. The number of furan rings is 1. The number of carboxylic acid groups (broad SMARTS) is 1. The molecular formula is C16H21NO3. The molecule has 1 heterocycles. The summed E-state index contributed by atoms with van der Waals surface area (Å²) in [5, 5.41) is 10.1. The van der Waals surface area contributed by atoms with Crippen molar-refractivity contribution in [1.82, 2.24) is 4.90 Å². The maximum Gasteiger partial charge on any atom is 0.307 e. The Kier molecular flexibility index (Phi) is 4.45. The van der Waals surface area contributed by atoms with Gasteiger partial charge in [-0.3, -0.25) is 9.69 Å². The highest BCUT2D eigenvalue weighted by Gasteiger charge is 2.22. The number of carbonyl (C=O) groups is 1. The molecule has 2 atom stereocenters. The SMILES string of the molecule is CCN(CC(C)C(=O)O)C(C)c1cc2ccccc2o1. The number of hydrogen-bond acceptors (Lipinski definition) is 3. The van der Waals surface area contributed by atoms with Gasteiger partial charge in [0.25, 0.3) is 0 Å². The smallest absolute Gasteiger partial charge is 0.307 e. The average Bonchev–Trinajstić information content (AvgIpc) is 2.87. The number of benzene rings is 1. The minimum Gasteiger partial charge on any atom is -0.481 e. The Bertz CT molecular complexity index is 557. The van der Waals surface area contributed by atoms with E-state index >= 15 is 0 Å². The number of nitrogens with zero attached hydrogens (tertiary/aromatic N) is 1. The van der Waals surface area contributed by atoms with E-state index in [0.29, 0.717) is 6.54 Å². The number of carboxylic acids is 1. The van der Waals surface area contributed by atoms with Crippen LogP contribution in [0.2, 0.25) is 0 Å². The maximum absolute atomic E-state index is 11.0. The predicted octanol–water partition coefficient (Wildman–Crippen LogP) is 3.54. The van der Waals surface area contributed by atoms with Gasteiger partial charge in [-0.25, -0.2) is 0 Å². The predicted molar refractivity (Wildman–Crippen MR) is 78.7 cm³/mol. The molecule has 108 valence electrons. The highest BCUT2D eigenvalue weighted by Crippen LogP contribution is 2.27. The van der Waals surface area contributed by atoms with E-state index in [1.54, 1.807) is 6.92 Å². The average molecular weight is 275 g/mol. The highest BCUT2D eigenvalue weighted by atomic mass is 16.4. The molecule has 4 heteroatoms. The molecule has 2 unspecified atom stereocenters. The lowest BCUT2D eigenvalue weighted by Crippen LogP contribution is -2.33. The second-order valence-electron chi connectivity index (χ2n) is 5.19. The third-order valence-electron chi connectivity index (χ3n) is 3.74. The molecule has 0 radical (unpaired) electrons. The topological polar surface area (TPSA) is 53.7 Å². The molecule has 0 fully saturated rings. The number of rotatable bonds is 6. The van der Waals surface area contributed by atoms with Crippen molar-refractivity contribution in [1.29, 1.82) is 0 Å². The first-order valence-electron chi connectivity index (χ1n) is 6.98. The Morgan fingerprint density at radius 1 is 1.35 bits per heavy atom. The molecule has 2 rings (SSSR count). The van der Waals surface area contributed by atoms with Crippen LogP contribution in [0.1, 0.15) is 32.6 Å². The summed E-state index contributed by atoms with van der Waals surface area (Å²) in [6.45, 7) is 7.12. The number of aliphatic carboxylic acids is 1. The summed E-state index contributed by atoms with van der Waals surface area (Å²) in [5.74, 6) is -0.271. The van der Waals surface area contributed by atoms with E-state index in [1.165, 1.54) is 0 Å². The van der Waals surface area contributed by atoms with Crippen LogP contribution in [0.3, 0.4) is 0 Å². The summed E-state index contributed by atoms with van der Waals surface area (Å²) in [4.78, 5) is 13.1. The molecule has 20 heavy (non-hydrogen) atoms. The molecule has 0 bridgehead atoms. The Labute approximate surface area is 119 Å². The molecule has 0 saturated carbocycles. The molecular weight excluding hydrogens is 254 g/mol. The van der Waals surface area contributed by atoms with Crippen LogP contribution in [-0.2, 0) is 4.79 Å². The van der Waals surface area contributed by atoms with Gasteiger partial charge in [0, 0.05) is 11.9 Å². The molecule has 0 spiro atoms. The van der Waals surface area contributed by atoms with Crippen molar-refractivity contribution in [2.75, 3.05) is 13.1 Å². The van der Waals surface area contributed by atoms with Crippen molar-refractivity contribution in [3.05, 3.63) is 36.1 Å². The quantitative estimate of drug-likeness (QED) is 0.876. The van der Waals surface area contributed by atoms with Gasteiger partial charge in [-0.05, 0) is 25.6 Å². The van der Waals surface area contributed by atoms with Gasteiger partial charge in [0.05, 0.1) is 12.0 Å². The lowest BCUT2D eigenvalue weighted by molar-refractivity contribution is -0.141. The molecule has 0 saturated heterocycles. The zero-order valence-corrected chi connectivity index (χ0v) is 12.2. The van der Waals surface area contributed by atoms with Crippen LogP contribution in [0, 0.1) is 5.92 Å².